The van der Waals surface area contributed by atoms with Gasteiger partial charge in [-0.25, -0.2) is 15.0 Å². The van der Waals surface area contributed by atoms with Crippen LogP contribution in [0.3, 0.4) is 0 Å². The summed E-state index contributed by atoms with van der Waals surface area (Å²) in [6.07, 6.45) is 0. The molecule has 0 aliphatic heterocycles. The number of hydrogen-bond donors (Lipinski definition) is 0. The fourth-order valence-corrected chi connectivity index (χ4v) is 7.32. The first-order chi connectivity index (χ1) is 25.7. The average molecular weight is 666 g/mol. The van der Waals surface area contributed by atoms with Crippen LogP contribution in [0, 0.1) is 11.3 Å². The molecule has 10 aromatic rings. The van der Waals surface area contributed by atoms with Crippen LogP contribution in [0.4, 0.5) is 0 Å². The summed E-state index contributed by atoms with van der Waals surface area (Å²) in [4.78, 5) is 15.4. The van der Waals surface area contributed by atoms with Crippen molar-refractivity contribution in [3.05, 3.63) is 169 Å². The molecule has 0 amide bonds. The lowest BCUT2D eigenvalue weighted by Crippen LogP contribution is -2.04. The molecule has 242 valence electrons. The quantitative estimate of drug-likeness (QED) is 0.183. The van der Waals surface area contributed by atoms with Crippen molar-refractivity contribution in [2.75, 3.05) is 0 Å². The van der Waals surface area contributed by atoms with Crippen molar-refractivity contribution in [2.24, 2.45) is 0 Å². The highest BCUT2D eigenvalue weighted by atomic mass is 16.3. The van der Waals surface area contributed by atoms with Crippen LogP contribution in [-0.2, 0) is 0 Å². The molecule has 3 aromatic heterocycles. The summed E-state index contributed by atoms with van der Waals surface area (Å²) >= 11 is 0. The van der Waals surface area contributed by atoms with Gasteiger partial charge in [-0.15, -0.1) is 0 Å². The number of para-hydroxylation sites is 2. The Balaban J connectivity index is 1.31. The number of benzene rings is 7. The highest BCUT2D eigenvalue weighted by molar-refractivity contribution is 6.13. The van der Waals surface area contributed by atoms with E-state index in [1.807, 2.05) is 121 Å². The Morgan fingerprint density at radius 3 is 1.85 bits per heavy atom. The predicted molar refractivity (Wildman–Crippen MR) is 208 cm³/mol. The van der Waals surface area contributed by atoms with Gasteiger partial charge in [0.15, 0.2) is 17.5 Å². The van der Waals surface area contributed by atoms with Gasteiger partial charge in [-0.3, -0.25) is 0 Å². The maximum absolute atomic E-state index is 9.80. The zero-order valence-corrected chi connectivity index (χ0v) is 27.7. The van der Waals surface area contributed by atoms with Gasteiger partial charge in [0.2, 0.25) is 0 Å². The summed E-state index contributed by atoms with van der Waals surface area (Å²) < 4.78 is 8.55. The molecule has 0 bridgehead atoms. The second-order valence-electron chi connectivity index (χ2n) is 12.7. The van der Waals surface area contributed by atoms with Crippen LogP contribution in [0.15, 0.2) is 168 Å². The van der Waals surface area contributed by atoms with Crippen molar-refractivity contribution in [1.82, 2.24) is 19.5 Å². The topological polar surface area (TPSA) is 80.5 Å². The minimum Gasteiger partial charge on any atom is -0.456 e. The highest BCUT2D eigenvalue weighted by Gasteiger charge is 2.21. The van der Waals surface area contributed by atoms with Crippen LogP contribution in [0.25, 0.3) is 94.7 Å². The summed E-state index contributed by atoms with van der Waals surface area (Å²) in [5.41, 5.74) is 9.90. The van der Waals surface area contributed by atoms with Crippen LogP contribution in [0.1, 0.15) is 5.56 Å². The van der Waals surface area contributed by atoms with Crippen molar-refractivity contribution in [2.45, 2.75) is 0 Å². The van der Waals surface area contributed by atoms with E-state index in [0.717, 1.165) is 77.2 Å². The van der Waals surface area contributed by atoms with E-state index < -0.39 is 0 Å². The molecular weight excluding hydrogens is 639 g/mol. The molecule has 0 atom stereocenters. The molecule has 0 aliphatic carbocycles. The third kappa shape index (κ3) is 4.76. The Bertz CT molecular complexity index is 2970. The molecule has 52 heavy (non-hydrogen) atoms. The summed E-state index contributed by atoms with van der Waals surface area (Å²) in [5.74, 6) is 1.72. The first-order valence-electron chi connectivity index (χ1n) is 17.1. The second-order valence-corrected chi connectivity index (χ2v) is 12.7. The highest BCUT2D eigenvalue weighted by Crippen LogP contribution is 2.41. The Labute approximate surface area is 298 Å². The number of hydrogen-bond acceptors (Lipinski definition) is 5. The Morgan fingerprint density at radius 2 is 1.10 bits per heavy atom. The minimum absolute atomic E-state index is 0.549. The molecule has 6 nitrogen and oxygen atoms in total. The van der Waals surface area contributed by atoms with Crippen molar-refractivity contribution >= 4 is 43.7 Å². The standard InChI is InChI=1S/C46H27N5O/c47-28-29-22-24-39-36(26-29)34-16-7-9-19-38(34)51(39)40-25-23-32(33-18-11-21-42-43(33)35-17-8-10-20-41(35)52-42)27-37(40)46-49-44(30-12-3-1-4-13-30)48-45(50-46)31-14-5-2-6-15-31/h1-27H. The third-order valence-electron chi connectivity index (χ3n) is 9.69. The maximum Gasteiger partial charge on any atom is 0.166 e. The Morgan fingerprint density at radius 1 is 0.462 bits per heavy atom. The maximum atomic E-state index is 9.80. The average Bonchev–Trinajstić information content (AvgIpc) is 3.77. The molecule has 0 saturated carbocycles. The van der Waals surface area contributed by atoms with Gasteiger partial charge in [-0.1, -0.05) is 115 Å². The van der Waals surface area contributed by atoms with Gasteiger partial charge in [-0.2, -0.15) is 5.26 Å². The predicted octanol–water partition coefficient (Wildman–Crippen LogP) is 11.4. The fraction of sp³-hybridized carbons (Fsp3) is 0. The lowest BCUT2D eigenvalue weighted by molar-refractivity contribution is 0.669. The molecule has 0 radical (unpaired) electrons. The molecule has 0 saturated heterocycles. The summed E-state index contributed by atoms with van der Waals surface area (Å²) in [7, 11) is 0. The van der Waals surface area contributed by atoms with Crippen molar-refractivity contribution < 1.29 is 4.42 Å². The van der Waals surface area contributed by atoms with Gasteiger partial charge in [-0.05, 0) is 59.7 Å². The van der Waals surface area contributed by atoms with Crippen LogP contribution >= 0.6 is 0 Å². The molecular formula is C46H27N5O. The molecule has 3 heterocycles. The van der Waals surface area contributed by atoms with Crippen LogP contribution in [0.2, 0.25) is 0 Å². The summed E-state index contributed by atoms with van der Waals surface area (Å²) in [6.45, 7) is 0. The van der Waals surface area contributed by atoms with E-state index in [4.69, 9.17) is 19.4 Å². The van der Waals surface area contributed by atoms with Gasteiger partial charge in [0.05, 0.1) is 28.4 Å². The number of furan rings is 1. The van der Waals surface area contributed by atoms with Crippen LogP contribution < -0.4 is 0 Å². The van der Waals surface area contributed by atoms with Crippen LogP contribution in [-0.4, -0.2) is 19.5 Å². The number of nitriles is 1. The zero-order valence-electron chi connectivity index (χ0n) is 27.7. The second kappa shape index (κ2) is 11.9. The monoisotopic (exact) mass is 665 g/mol. The lowest BCUT2D eigenvalue weighted by atomic mass is 9.96. The minimum atomic E-state index is 0.549. The molecule has 0 aliphatic rings. The molecule has 6 heteroatoms. The molecule has 0 unspecified atom stereocenters. The first kappa shape index (κ1) is 29.5. The number of aromatic nitrogens is 4. The van der Waals surface area contributed by atoms with Crippen molar-refractivity contribution in [3.63, 3.8) is 0 Å². The van der Waals surface area contributed by atoms with Crippen molar-refractivity contribution in [3.8, 4) is 57.0 Å². The fourth-order valence-electron chi connectivity index (χ4n) is 7.32. The van der Waals surface area contributed by atoms with Gasteiger partial charge in [0.25, 0.3) is 0 Å². The van der Waals surface area contributed by atoms with Crippen molar-refractivity contribution in [1.29, 1.82) is 5.26 Å². The van der Waals surface area contributed by atoms with E-state index in [0.29, 0.717) is 23.0 Å². The lowest BCUT2D eigenvalue weighted by Gasteiger charge is -2.16. The number of nitrogens with zero attached hydrogens (tertiary/aromatic N) is 5. The van der Waals surface area contributed by atoms with Gasteiger partial charge in [0, 0.05) is 38.2 Å². The summed E-state index contributed by atoms with van der Waals surface area (Å²) in [6, 6.07) is 57.4. The van der Waals surface area contributed by atoms with E-state index in [2.05, 4.69) is 53.1 Å². The normalized spacial score (nSPS) is 11.4. The molecule has 7 aromatic carbocycles. The van der Waals surface area contributed by atoms with Gasteiger partial charge < -0.3 is 8.98 Å². The third-order valence-corrected chi connectivity index (χ3v) is 9.69. The molecule has 10 rings (SSSR count). The van der Waals surface area contributed by atoms with Gasteiger partial charge in [0.1, 0.15) is 11.2 Å². The van der Waals surface area contributed by atoms with E-state index >= 15 is 0 Å². The molecule has 0 N–H and O–H groups in total. The first-order valence-corrected chi connectivity index (χ1v) is 17.1. The van der Waals surface area contributed by atoms with Gasteiger partial charge >= 0.3 is 0 Å². The number of rotatable bonds is 5. The van der Waals surface area contributed by atoms with E-state index in [-0.39, 0.29) is 0 Å². The number of fused-ring (bicyclic) bond motifs is 6. The largest absolute Gasteiger partial charge is 0.456 e. The Kier molecular flexibility index (Phi) is 6.76. The van der Waals surface area contributed by atoms with E-state index in [1.54, 1.807) is 0 Å². The van der Waals surface area contributed by atoms with Crippen LogP contribution in [0.5, 0.6) is 0 Å². The zero-order chi connectivity index (χ0) is 34.6. The summed E-state index contributed by atoms with van der Waals surface area (Å²) in [5, 5.41) is 14.0. The smallest absolute Gasteiger partial charge is 0.166 e. The SMILES string of the molecule is N#Cc1ccc2c(c1)c1ccccc1n2-c1ccc(-c2cccc3oc4ccccc4c23)cc1-c1nc(-c2ccccc2)nc(-c2ccccc2)n1. The molecule has 0 fully saturated rings. The molecule has 0 spiro atoms. The van der Waals surface area contributed by atoms with E-state index in [1.165, 1.54) is 0 Å². The van der Waals surface area contributed by atoms with E-state index in [9.17, 15) is 5.26 Å². The Hall–Kier alpha value is -7.36.